The molecule has 634 valence electrons. The van der Waals surface area contributed by atoms with Gasteiger partial charge in [-0.3, -0.25) is 0 Å². The molecule has 8 nitrogen and oxygen atoms in total. The summed E-state index contributed by atoms with van der Waals surface area (Å²) < 4.78 is 0. The van der Waals surface area contributed by atoms with E-state index in [9.17, 15) is 5.26 Å². The van der Waals surface area contributed by atoms with Crippen LogP contribution in [0.25, 0.3) is 99.1 Å². The van der Waals surface area contributed by atoms with E-state index in [1.807, 2.05) is 80.8 Å². The first kappa shape index (κ1) is 84.7. The summed E-state index contributed by atoms with van der Waals surface area (Å²) in [6.45, 7) is 0. The molecule has 0 aromatic heterocycles. The van der Waals surface area contributed by atoms with Crippen LogP contribution in [0.2, 0.25) is 0 Å². The molecule has 0 aliphatic rings. The summed E-state index contributed by atoms with van der Waals surface area (Å²) in [6, 6.07) is 186. The molecular weight excluding hydrogens is 1610 g/mol. The van der Waals surface area contributed by atoms with Gasteiger partial charge in [-0.25, -0.2) is 0 Å². The minimum absolute atomic E-state index is 0.653. The maximum Gasteiger partial charge on any atom is 0.0992 e. The lowest BCUT2D eigenvalue weighted by Gasteiger charge is -2.27. The molecule has 0 bridgehead atoms. The number of nitriles is 2. The number of benzene rings is 21. The minimum Gasteiger partial charge on any atom is -0.345 e. The topological polar surface area (TPSA) is 67.0 Å². The lowest BCUT2D eigenvalue weighted by atomic mass is 10.0. The molecule has 133 heavy (non-hydrogen) atoms. The molecule has 0 spiro atoms. The van der Waals surface area contributed by atoms with Crippen molar-refractivity contribution in [2.24, 2.45) is 0 Å². The van der Waals surface area contributed by atoms with Gasteiger partial charge in [-0.15, -0.1) is 0 Å². The van der Waals surface area contributed by atoms with E-state index >= 15 is 0 Å². The predicted octanol–water partition coefficient (Wildman–Crippen LogP) is 34.0. The minimum atomic E-state index is 0.653. The first-order valence-electron chi connectivity index (χ1n) is 44.8. The number of hydrogen-bond donors (Lipinski definition) is 0. The molecular formula is C125H94N8. The van der Waals surface area contributed by atoms with E-state index in [4.69, 9.17) is 5.26 Å². The average Bonchev–Trinajstić information content (AvgIpc) is 0.780. The summed E-state index contributed by atoms with van der Waals surface area (Å²) in [6.07, 6.45) is 0. The van der Waals surface area contributed by atoms with Crippen LogP contribution in [-0.4, -0.2) is 21.1 Å². The number of anilines is 15. The first-order chi connectivity index (χ1) is 65.6. The molecule has 0 radical (unpaired) electrons. The quantitative estimate of drug-likeness (QED) is 0.0705. The molecule has 0 aliphatic heterocycles. The van der Waals surface area contributed by atoms with E-state index in [0.29, 0.717) is 11.1 Å². The molecule has 0 N–H and O–H groups in total. The largest absolute Gasteiger partial charge is 0.345 e. The van der Waals surface area contributed by atoms with Crippen molar-refractivity contribution in [2.75, 3.05) is 50.5 Å². The Hall–Kier alpha value is -17.8. The van der Waals surface area contributed by atoms with Crippen LogP contribution in [-0.2, 0) is 0 Å². The Bertz CT molecular complexity index is 7600. The number of para-hydroxylation sites is 1. The fraction of sp³-hybridized carbons (Fsp3) is 0.0240. The molecule has 8 heteroatoms. The van der Waals surface area contributed by atoms with E-state index in [-0.39, 0.29) is 0 Å². The van der Waals surface area contributed by atoms with Crippen molar-refractivity contribution in [2.45, 2.75) is 0 Å². The van der Waals surface area contributed by atoms with Crippen LogP contribution in [0.5, 0.6) is 0 Å². The number of fused-ring (bicyclic) bond motifs is 3. The Morgan fingerprint density at radius 2 is 0.361 bits per heavy atom. The smallest absolute Gasteiger partial charge is 0.0992 e. The average molecular weight is 1710 g/mol. The van der Waals surface area contributed by atoms with Crippen LogP contribution in [0, 0.1) is 22.7 Å². The van der Waals surface area contributed by atoms with Crippen molar-refractivity contribution in [1.29, 1.82) is 10.5 Å². The van der Waals surface area contributed by atoms with Gasteiger partial charge in [0.2, 0.25) is 0 Å². The zero-order valence-corrected chi connectivity index (χ0v) is 74.2. The Morgan fingerprint density at radius 3 is 0.684 bits per heavy atom. The summed E-state index contributed by atoms with van der Waals surface area (Å²) in [7, 11) is 6.17. The standard InChI is InChI=1S/2C42H31N3.C41H32N2/c1-44(40-14-7-9-31(29-40)30-43)37-23-17-34(18-24-37)35-21-27-39(28-22-35)45(42-16-8-13-36-12-5-6-15-41(36)42)38-25-19-33(20-26-38)32-10-3-2-4-11-32;1-44(37-22-14-31(30-43)15-23-37)38-24-16-34(17-25-38)35-20-28-40(29-21-35)45(42-13-7-11-36-10-5-6-12-41(36)42)39-26-18-33(19-27-39)32-8-3-2-4-9-32;1-42(36-17-6-3-7-18-36)37-26-22-32(23-27-37)33-24-28-38(29-25-33)43(41-21-11-15-34-14-8-9-20-40(34)41)39-19-10-16-35(30-39)31-12-4-2-5-13-31/h2*2-29H,1H3;2-30H,1H3. The van der Waals surface area contributed by atoms with Gasteiger partial charge in [0.15, 0.2) is 0 Å². The van der Waals surface area contributed by atoms with Gasteiger partial charge in [0.05, 0.1) is 40.3 Å². The maximum absolute atomic E-state index is 9.29. The summed E-state index contributed by atoms with van der Waals surface area (Å²) in [5.74, 6) is 0. The maximum atomic E-state index is 9.29. The van der Waals surface area contributed by atoms with Gasteiger partial charge in [0.25, 0.3) is 0 Å². The summed E-state index contributed by atoms with van der Waals surface area (Å²) >= 11 is 0. The van der Waals surface area contributed by atoms with Gasteiger partial charge in [-0.2, -0.15) is 10.5 Å². The highest BCUT2D eigenvalue weighted by atomic mass is 15.2. The van der Waals surface area contributed by atoms with Crippen LogP contribution in [0.1, 0.15) is 11.1 Å². The molecule has 0 heterocycles. The molecule has 0 fully saturated rings. The Labute approximate surface area is 779 Å². The molecule has 21 rings (SSSR count). The van der Waals surface area contributed by atoms with E-state index in [1.165, 1.54) is 82.5 Å². The Kier molecular flexibility index (Phi) is 25.2. The van der Waals surface area contributed by atoms with E-state index < -0.39 is 0 Å². The molecule has 0 atom stereocenters. The zero-order valence-electron chi connectivity index (χ0n) is 74.2. The molecule has 0 aliphatic carbocycles. The number of hydrogen-bond acceptors (Lipinski definition) is 8. The predicted molar refractivity (Wildman–Crippen MR) is 561 cm³/mol. The number of rotatable bonds is 21. The lowest BCUT2D eigenvalue weighted by Crippen LogP contribution is -2.10. The Balaban J connectivity index is 0.000000129. The second kappa shape index (κ2) is 39.6. The third-order valence-corrected chi connectivity index (χ3v) is 24.7. The van der Waals surface area contributed by atoms with Crippen LogP contribution >= 0.6 is 0 Å². The van der Waals surface area contributed by atoms with Crippen LogP contribution in [0.4, 0.5) is 85.3 Å². The van der Waals surface area contributed by atoms with Gasteiger partial charge in [-0.05, 0) is 265 Å². The summed E-state index contributed by atoms with van der Waals surface area (Å²) in [4.78, 5) is 13.5. The first-order valence-corrected chi connectivity index (χ1v) is 44.8. The normalized spacial score (nSPS) is 10.8. The van der Waals surface area contributed by atoms with Crippen molar-refractivity contribution in [3.8, 4) is 78.9 Å². The lowest BCUT2D eigenvalue weighted by molar-refractivity contribution is 1.21. The highest BCUT2D eigenvalue weighted by molar-refractivity contribution is 6.02. The highest BCUT2D eigenvalue weighted by Gasteiger charge is 2.22. The fourth-order valence-corrected chi connectivity index (χ4v) is 17.5. The van der Waals surface area contributed by atoms with Gasteiger partial charge in [0.1, 0.15) is 0 Å². The monoisotopic (exact) mass is 1710 g/mol. The number of nitrogens with zero attached hydrogens (tertiary/aromatic N) is 8. The van der Waals surface area contributed by atoms with Gasteiger partial charge in [0, 0.05) is 106 Å². The van der Waals surface area contributed by atoms with Crippen molar-refractivity contribution in [1.82, 2.24) is 0 Å². The SMILES string of the molecule is CN(c1ccc(-c2ccc(N(c3ccc(-c4ccccc4)cc3)c3cccc4ccccc34)cc2)cc1)c1cccc(C#N)c1.CN(c1ccc(C#N)cc1)c1ccc(-c2ccc(N(c3ccc(-c4ccccc4)cc3)c3cccc4ccccc34)cc2)cc1.CN(c1ccccc1)c1ccc(-c2ccc(N(c3cccc(-c4ccccc4)c3)c3cccc4ccccc34)cc2)cc1. The third-order valence-electron chi connectivity index (χ3n) is 24.7. The Morgan fingerprint density at radius 1 is 0.150 bits per heavy atom. The van der Waals surface area contributed by atoms with Crippen LogP contribution in [0.3, 0.4) is 0 Å². The zero-order chi connectivity index (χ0) is 90.2. The second-order valence-electron chi connectivity index (χ2n) is 32.9. The van der Waals surface area contributed by atoms with E-state index in [0.717, 1.165) is 102 Å². The van der Waals surface area contributed by atoms with Gasteiger partial charge < -0.3 is 29.4 Å². The van der Waals surface area contributed by atoms with Gasteiger partial charge in [-0.1, -0.05) is 334 Å². The molecule has 21 aromatic rings. The molecule has 0 saturated carbocycles. The molecule has 21 aromatic carbocycles. The van der Waals surface area contributed by atoms with Crippen molar-refractivity contribution in [3.05, 3.63) is 527 Å². The van der Waals surface area contributed by atoms with Crippen molar-refractivity contribution < 1.29 is 0 Å². The fourth-order valence-electron chi connectivity index (χ4n) is 17.5. The van der Waals surface area contributed by atoms with Gasteiger partial charge >= 0.3 is 0 Å². The van der Waals surface area contributed by atoms with Crippen molar-refractivity contribution in [3.63, 3.8) is 0 Å². The molecule has 0 saturated heterocycles. The summed E-state index contributed by atoms with van der Waals surface area (Å²) in [5.41, 5.74) is 32.1. The highest BCUT2D eigenvalue weighted by Crippen LogP contribution is 2.46. The van der Waals surface area contributed by atoms with Crippen molar-refractivity contribution >= 4 is 118 Å². The van der Waals surface area contributed by atoms with E-state index in [1.54, 1.807) is 0 Å². The molecule has 0 amide bonds. The third kappa shape index (κ3) is 19.0. The van der Waals surface area contributed by atoms with Crippen LogP contribution in [0.15, 0.2) is 516 Å². The second-order valence-corrected chi connectivity index (χ2v) is 32.9. The van der Waals surface area contributed by atoms with E-state index in [2.05, 4.69) is 497 Å². The molecule has 0 unspecified atom stereocenters. The summed E-state index contributed by atoms with van der Waals surface area (Å²) in [5, 5.41) is 25.7. The van der Waals surface area contributed by atoms with Crippen LogP contribution < -0.4 is 29.4 Å².